The zero-order chi connectivity index (χ0) is 19.8. The van der Waals surface area contributed by atoms with Gasteiger partial charge < -0.3 is 20.0 Å². The van der Waals surface area contributed by atoms with E-state index in [1.165, 1.54) is 6.26 Å². The highest BCUT2D eigenvalue weighted by atomic mass is 16.3. The second-order valence-electron chi connectivity index (χ2n) is 7.32. The molecule has 1 atom stereocenters. The van der Waals surface area contributed by atoms with Crippen LogP contribution in [0.5, 0.6) is 0 Å². The number of benzene rings is 1. The number of carbonyl (C=O) groups is 2. The van der Waals surface area contributed by atoms with Gasteiger partial charge in [0.1, 0.15) is 6.04 Å². The Hall–Kier alpha value is -2.60. The minimum Gasteiger partial charge on any atom is -0.459 e. The smallest absolute Gasteiger partial charge is 0.287 e. The summed E-state index contributed by atoms with van der Waals surface area (Å²) in [6.45, 7) is 5.29. The van der Waals surface area contributed by atoms with E-state index < -0.39 is 6.04 Å². The maximum absolute atomic E-state index is 13.0. The summed E-state index contributed by atoms with van der Waals surface area (Å²) in [6.07, 6.45) is 4.92. The highest BCUT2D eigenvalue weighted by Crippen LogP contribution is 2.12. The van der Waals surface area contributed by atoms with Gasteiger partial charge in [0, 0.05) is 25.6 Å². The number of likely N-dealkylation sites (tertiary alicyclic amines) is 1. The lowest BCUT2D eigenvalue weighted by atomic mass is 10.0. The normalized spacial score (nSPS) is 16.5. The molecule has 2 amide bonds. The average molecular weight is 383 g/mol. The van der Waals surface area contributed by atoms with Crippen LogP contribution in [0, 0.1) is 0 Å². The number of nitrogens with zero attached hydrogens (tertiary/aromatic N) is 1. The fraction of sp³-hybridized carbons (Fsp3) is 0.455. The maximum atomic E-state index is 13.0. The van der Waals surface area contributed by atoms with Gasteiger partial charge in [0.05, 0.1) is 6.26 Å². The molecule has 6 nitrogen and oxygen atoms in total. The van der Waals surface area contributed by atoms with Gasteiger partial charge in [-0.1, -0.05) is 37.3 Å². The van der Waals surface area contributed by atoms with Crippen molar-refractivity contribution >= 4 is 11.8 Å². The second-order valence-corrected chi connectivity index (χ2v) is 7.32. The van der Waals surface area contributed by atoms with Crippen LogP contribution < -0.4 is 10.6 Å². The number of amides is 2. The van der Waals surface area contributed by atoms with E-state index in [4.69, 9.17) is 4.42 Å². The topological polar surface area (TPSA) is 74.6 Å². The van der Waals surface area contributed by atoms with Crippen LogP contribution >= 0.6 is 0 Å². The minimum absolute atomic E-state index is 0.141. The van der Waals surface area contributed by atoms with Crippen LogP contribution in [0.1, 0.15) is 42.3 Å². The average Bonchev–Trinajstić information content (AvgIpc) is 3.25. The van der Waals surface area contributed by atoms with Gasteiger partial charge in [0.2, 0.25) is 5.91 Å². The first-order valence-electron chi connectivity index (χ1n) is 10.1. The molecule has 0 bridgehead atoms. The minimum atomic E-state index is -0.645. The van der Waals surface area contributed by atoms with Crippen molar-refractivity contribution in [2.75, 3.05) is 19.6 Å². The Morgan fingerprint density at radius 2 is 1.89 bits per heavy atom. The lowest BCUT2D eigenvalue weighted by molar-refractivity contribution is -0.124. The van der Waals surface area contributed by atoms with E-state index in [0.717, 1.165) is 44.5 Å². The van der Waals surface area contributed by atoms with Gasteiger partial charge in [0.15, 0.2) is 5.76 Å². The number of rotatable bonds is 8. The van der Waals surface area contributed by atoms with Gasteiger partial charge in [-0.15, -0.1) is 0 Å². The number of piperidine rings is 1. The molecular formula is C22H29N3O3. The first-order chi connectivity index (χ1) is 13.7. The summed E-state index contributed by atoms with van der Waals surface area (Å²) < 4.78 is 5.16. The predicted molar refractivity (Wildman–Crippen MR) is 108 cm³/mol. The highest BCUT2D eigenvalue weighted by Gasteiger charge is 2.26. The van der Waals surface area contributed by atoms with Crippen molar-refractivity contribution < 1.29 is 14.0 Å². The number of carbonyl (C=O) groups excluding carboxylic acids is 2. The fourth-order valence-corrected chi connectivity index (χ4v) is 3.62. The summed E-state index contributed by atoms with van der Waals surface area (Å²) in [4.78, 5) is 27.8. The summed E-state index contributed by atoms with van der Waals surface area (Å²) in [6, 6.07) is 12.5. The third-order valence-corrected chi connectivity index (χ3v) is 5.12. The standard InChI is InChI=1S/C22H29N3O3/c1-2-12-25-13-10-18(11-14-25)23-21(26)19(16-17-7-4-3-5-8-17)24-22(27)20-9-6-15-28-20/h3-9,15,18-19H,2,10-14,16H2,1H3,(H,23,26)(H,24,27). The Labute approximate surface area is 166 Å². The predicted octanol–water partition coefficient (Wildman–Crippen LogP) is 2.61. The first-order valence-corrected chi connectivity index (χ1v) is 10.1. The Morgan fingerprint density at radius 3 is 2.54 bits per heavy atom. The SMILES string of the molecule is CCCN1CCC(NC(=O)C(Cc2ccccc2)NC(=O)c2ccco2)CC1. The first kappa shape index (κ1) is 20.1. The molecule has 1 saturated heterocycles. The molecule has 150 valence electrons. The van der Waals surface area contributed by atoms with Crippen LogP contribution in [0.4, 0.5) is 0 Å². The van der Waals surface area contributed by atoms with E-state index in [9.17, 15) is 9.59 Å². The number of furan rings is 1. The number of hydrogen-bond acceptors (Lipinski definition) is 4. The van der Waals surface area contributed by atoms with E-state index >= 15 is 0 Å². The molecule has 1 aliphatic heterocycles. The molecule has 1 aromatic heterocycles. The number of nitrogens with one attached hydrogen (secondary N) is 2. The molecule has 2 aromatic rings. The van der Waals surface area contributed by atoms with Crippen LogP contribution in [0.15, 0.2) is 53.1 Å². The summed E-state index contributed by atoms with van der Waals surface area (Å²) in [5.74, 6) is -0.310. The van der Waals surface area contributed by atoms with Crippen LogP contribution in [0.3, 0.4) is 0 Å². The van der Waals surface area contributed by atoms with Gasteiger partial charge in [-0.2, -0.15) is 0 Å². The van der Waals surface area contributed by atoms with Crippen molar-refractivity contribution in [3.05, 3.63) is 60.1 Å². The lowest BCUT2D eigenvalue weighted by Gasteiger charge is -2.33. The summed E-state index contributed by atoms with van der Waals surface area (Å²) >= 11 is 0. The summed E-state index contributed by atoms with van der Waals surface area (Å²) in [5, 5.41) is 5.97. The molecule has 2 heterocycles. The van der Waals surface area contributed by atoms with Crippen molar-refractivity contribution in [1.82, 2.24) is 15.5 Å². The van der Waals surface area contributed by atoms with Gasteiger partial charge in [-0.05, 0) is 43.5 Å². The Kier molecular flexibility index (Phi) is 7.25. The molecular weight excluding hydrogens is 354 g/mol. The fourth-order valence-electron chi connectivity index (χ4n) is 3.62. The Bertz CT molecular complexity index is 738. The number of hydrogen-bond donors (Lipinski definition) is 2. The molecule has 6 heteroatoms. The van der Waals surface area contributed by atoms with Crippen molar-refractivity contribution in [2.24, 2.45) is 0 Å². The molecule has 0 spiro atoms. The molecule has 28 heavy (non-hydrogen) atoms. The van der Waals surface area contributed by atoms with Crippen LogP contribution in [-0.4, -0.2) is 48.4 Å². The van der Waals surface area contributed by atoms with E-state index in [-0.39, 0.29) is 23.6 Å². The molecule has 3 rings (SSSR count). The third-order valence-electron chi connectivity index (χ3n) is 5.12. The molecule has 1 aromatic carbocycles. The highest BCUT2D eigenvalue weighted by molar-refractivity contribution is 5.95. The second kappa shape index (κ2) is 10.1. The Morgan fingerprint density at radius 1 is 1.14 bits per heavy atom. The van der Waals surface area contributed by atoms with Gasteiger partial charge in [-0.25, -0.2) is 0 Å². The van der Waals surface area contributed by atoms with Crippen molar-refractivity contribution in [3.63, 3.8) is 0 Å². The zero-order valence-electron chi connectivity index (χ0n) is 16.4. The van der Waals surface area contributed by atoms with Gasteiger partial charge in [0.25, 0.3) is 5.91 Å². The third kappa shape index (κ3) is 5.70. The largest absolute Gasteiger partial charge is 0.459 e. The molecule has 2 N–H and O–H groups in total. The van der Waals surface area contributed by atoms with Crippen molar-refractivity contribution in [3.8, 4) is 0 Å². The lowest BCUT2D eigenvalue weighted by Crippen LogP contribution is -2.53. The van der Waals surface area contributed by atoms with Crippen LogP contribution in [0.2, 0.25) is 0 Å². The van der Waals surface area contributed by atoms with E-state index in [1.807, 2.05) is 30.3 Å². The van der Waals surface area contributed by atoms with Gasteiger partial charge >= 0.3 is 0 Å². The molecule has 0 aliphatic carbocycles. The van der Waals surface area contributed by atoms with Crippen LogP contribution in [-0.2, 0) is 11.2 Å². The monoisotopic (exact) mass is 383 g/mol. The zero-order valence-corrected chi connectivity index (χ0v) is 16.4. The Balaban J connectivity index is 1.62. The molecule has 1 unspecified atom stereocenters. The van der Waals surface area contributed by atoms with E-state index in [2.05, 4.69) is 22.5 Å². The van der Waals surface area contributed by atoms with Crippen LogP contribution in [0.25, 0.3) is 0 Å². The maximum Gasteiger partial charge on any atom is 0.287 e. The van der Waals surface area contributed by atoms with Gasteiger partial charge in [-0.3, -0.25) is 9.59 Å². The summed E-state index contributed by atoms with van der Waals surface area (Å²) in [7, 11) is 0. The van der Waals surface area contributed by atoms with Crippen molar-refractivity contribution in [2.45, 2.75) is 44.7 Å². The molecule has 0 radical (unpaired) electrons. The van der Waals surface area contributed by atoms with E-state index in [0.29, 0.717) is 6.42 Å². The van der Waals surface area contributed by atoms with E-state index in [1.54, 1.807) is 12.1 Å². The van der Waals surface area contributed by atoms with Crippen molar-refractivity contribution in [1.29, 1.82) is 0 Å². The molecule has 1 fully saturated rings. The molecule has 1 aliphatic rings. The summed E-state index contributed by atoms with van der Waals surface area (Å²) in [5.41, 5.74) is 1.00. The molecule has 0 saturated carbocycles. The quantitative estimate of drug-likeness (QED) is 0.735.